The Hall–Kier alpha value is -3.35. The van der Waals surface area contributed by atoms with Crippen LogP contribution < -0.4 is 15.6 Å². The minimum Gasteiger partial charge on any atom is -0.507 e. The van der Waals surface area contributed by atoms with Crippen LogP contribution in [0.15, 0.2) is 53.6 Å². The zero-order chi connectivity index (χ0) is 20.8. The van der Waals surface area contributed by atoms with Crippen LogP contribution in [0.2, 0.25) is 0 Å². The van der Waals surface area contributed by atoms with Crippen molar-refractivity contribution in [1.29, 1.82) is 0 Å². The molecule has 1 aliphatic heterocycles. The van der Waals surface area contributed by atoms with E-state index in [9.17, 15) is 14.7 Å². The van der Waals surface area contributed by atoms with Gasteiger partial charge in [0.2, 0.25) is 5.91 Å². The Bertz CT molecular complexity index is 894. The number of rotatable bonds is 7. The summed E-state index contributed by atoms with van der Waals surface area (Å²) < 4.78 is 0. The molecule has 3 rings (SSSR count). The second-order valence-electron chi connectivity index (χ2n) is 6.89. The molecule has 1 heterocycles. The van der Waals surface area contributed by atoms with Gasteiger partial charge in [0.15, 0.2) is 0 Å². The second kappa shape index (κ2) is 9.23. The number of carbonyl (C=O) groups is 2. The summed E-state index contributed by atoms with van der Waals surface area (Å²) in [6.07, 6.45) is 1.38. The number of amides is 2. The third kappa shape index (κ3) is 4.56. The fraction of sp³-hybridized carbons (Fsp3) is 0.318. The molecule has 2 amide bonds. The van der Waals surface area contributed by atoms with Crippen LogP contribution in [0.25, 0.3) is 0 Å². The molecule has 0 radical (unpaired) electrons. The number of phenols is 1. The Morgan fingerprint density at radius 3 is 2.62 bits per heavy atom. The van der Waals surface area contributed by atoms with Gasteiger partial charge in [-0.3, -0.25) is 9.59 Å². The molecule has 2 aromatic rings. The molecule has 1 saturated heterocycles. The summed E-state index contributed by atoms with van der Waals surface area (Å²) in [5, 5.41) is 16.9. The van der Waals surface area contributed by atoms with E-state index in [2.05, 4.69) is 20.7 Å². The highest BCUT2D eigenvalue weighted by molar-refractivity contribution is 6.03. The fourth-order valence-electron chi connectivity index (χ4n) is 3.60. The normalized spacial score (nSPS) is 18.6. The molecule has 1 aliphatic rings. The number of nitrogens with one attached hydrogen (secondary N) is 2. The van der Waals surface area contributed by atoms with Gasteiger partial charge in [-0.2, -0.15) is 5.10 Å². The lowest BCUT2D eigenvalue weighted by molar-refractivity contribution is -0.133. The SMILES string of the molecule is CCN(CC)c1ccc(/C=N/NC(=O)[C@H]2C(=O)NC[C@H]2c2ccccc2)c(O)c1. The van der Waals surface area contributed by atoms with E-state index in [4.69, 9.17) is 0 Å². The van der Waals surface area contributed by atoms with E-state index in [1.54, 1.807) is 12.1 Å². The van der Waals surface area contributed by atoms with Crippen LogP contribution in [0.5, 0.6) is 5.75 Å². The van der Waals surface area contributed by atoms with E-state index in [1.807, 2.05) is 50.2 Å². The van der Waals surface area contributed by atoms with Gasteiger partial charge in [-0.1, -0.05) is 30.3 Å². The van der Waals surface area contributed by atoms with Gasteiger partial charge in [0.25, 0.3) is 5.91 Å². The number of anilines is 1. The first-order chi connectivity index (χ1) is 14.0. The van der Waals surface area contributed by atoms with Crippen molar-refractivity contribution in [3.8, 4) is 5.75 Å². The minimum absolute atomic E-state index is 0.0770. The number of carbonyl (C=O) groups excluding carboxylic acids is 2. The highest BCUT2D eigenvalue weighted by atomic mass is 16.3. The van der Waals surface area contributed by atoms with Gasteiger partial charge in [-0.15, -0.1) is 0 Å². The van der Waals surface area contributed by atoms with Crippen LogP contribution in [0.4, 0.5) is 5.69 Å². The van der Waals surface area contributed by atoms with Crippen LogP contribution in [-0.2, 0) is 9.59 Å². The van der Waals surface area contributed by atoms with Crippen molar-refractivity contribution in [2.24, 2.45) is 11.0 Å². The summed E-state index contributed by atoms with van der Waals surface area (Å²) in [4.78, 5) is 26.9. The van der Waals surface area contributed by atoms with E-state index in [1.165, 1.54) is 6.21 Å². The molecule has 0 saturated carbocycles. The minimum atomic E-state index is -0.840. The van der Waals surface area contributed by atoms with Crippen molar-refractivity contribution in [2.45, 2.75) is 19.8 Å². The highest BCUT2D eigenvalue weighted by Crippen LogP contribution is 2.29. The van der Waals surface area contributed by atoms with Crippen molar-refractivity contribution in [2.75, 3.05) is 24.5 Å². The number of nitrogens with zero attached hydrogens (tertiary/aromatic N) is 2. The number of hydrogen-bond acceptors (Lipinski definition) is 5. The summed E-state index contributed by atoms with van der Waals surface area (Å²) in [6, 6.07) is 14.8. The monoisotopic (exact) mass is 394 g/mol. The second-order valence-corrected chi connectivity index (χ2v) is 6.89. The Kier molecular flexibility index (Phi) is 6.49. The van der Waals surface area contributed by atoms with Crippen molar-refractivity contribution < 1.29 is 14.7 Å². The van der Waals surface area contributed by atoms with Crippen LogP contribution in [-0.4, -0.2) is 42.8 Å². The molecule has 29 heavy (non-hydrogen) atoms. The maximum atomic E-state index is 12.6. The third-order valence-corrected chi connectivity index (χ3v) is 5.21. The van der Waals surface area contributed by atoms with Crippen LogP contribution in [0.1, 0.15) is 30.9 Å². The maximum Gasteiger partial charge on any atom is 0.253 e. The molecular formula is C22H26N4O3. The lowest BCUT2D eigenvalue weighted by Gasteiger charge is -2.21. The number of aromatic hydroxyl groups is 1. The molecular weight excluding hydrogens is 368 g/mol. The standard InChI is InChI=1S/C22H26N4O3/c1-3-26(4-2)17-11-10-16(19(27)12-17)13-24-25-22(29)20-18(14-23-21(20)28)15-8-6-5-7-9-15/h5-13,18,20,27H,3-4,14H2,1-2H3,(H,23,28)(H,25,29)/b24-13+/t18-,20+/m0/s1. The van der Waals surface area contributed by atoms with Gasteiger partial charge in [0.05, 0.1) is 6.21 Å². The molecule has 7 nitrogen and oxygen atoms in total. The average molecular weight is 394 g/mol. The Morgan fingerprint density at radius 2 is 1.97 bits per heavy atom. The maximum absolute atomic E-state index is 12.6. The highest BCUT2D eigenvalue weighted by Gasteiger charge is 2.40. The van der Waals surface area contributed by atoms with Crippen LogP contribution >= 0.6 is 0 Å². The van der Waals surface area contributed by atoms with Gasteiger partial charge in [0.1, 0.15) is 11.7 Å². The quantitative estimate of drug-likeness (QED) is 0.381. The first-order valence-corrected chi connectivity index (χ1v) is 9.78. The Labute approximate surface area is 170 Å². The Balaban J connectivity index is 1.68. The molecule has 0 aromatic heterocycles. The molecule has 2 aromatic carbocycles. The molecule has 0 unspecified atom stereocenters. The van der Waals surface area contributed by atoms with E-state index in [0.717, 1.165) is 24.3 Å². The summed E-state index contributed by atoms with van der Waals surface area (Å²) >= 11 is 0. The van der Waals surface area contributed by atoms with Gasteiger partial charge in [-0.25, -0.2) is 5.43 Å². The summed E-state index contributed by atoms with van der Waals surface area (Å²) in [5.74, 6) is -1.77. The largest absolute Gasteiger partial charge is 0.507 e. The Morgan fingerprint density at radius 1 is 1.24 bits per heavy atom. The molecule has 152 valence electrons. The van der Waals surface area contributed by atoms with Gasteiger partial charge in [0, 0.05) is 42.9 Å². The van der Waals surface area contributed by atoms with Crippen LogP contribution in [0, 0.1) is 5.92 Å². The fourth-order valence-corrected chi connectivity index (χ4v) is 3.60. The van der Waals surface area contributed by atoms with E-state index in [-0.39, 0.29) is 17.6 Å². The van der Waals surface area contributed by atoms with Gasteiger partial charge < -0.3 is 15.3 Å². The predicted molar refractivity (Wildman–Crippen MR) is 113 cm³/mol. The van der Waals surface area contributed by atoms with Gasteiger partial charge >= 0.3 is 0 Å². The third-order valence-electron chi connectivity index (χ3n) is 5.21. The molecule has 0 spiro atoms. The van der Waals surface area contributed by atoms with Crippen molar-refractivity contribution >= 4 is 23.7 Å². The summed E-state index contributed by atoms with van der Waals surface area (Å²) in [5.41, 5.74) is 4.77. The molecule has 3 N–H and O–H groups in total. The van der Waals surface area contributed by atoms with Crippen molar-refractivity contribution in [3.05, 3.63) is 59.7 Å². The smallest absolute Gasteiger partial charge is 0.253 e. The first kappa shape index (κ1) is 20.4. The topological polar surface area (TPSA) is 94.0 Å². The van der Waals surface area contributed by atoms with Crippen molar-refractivity contribution in [3.63, 3.8) is 0 Å². The first-order valence-electron chi connectivity index (χ1n) is 9.78. The summed E-state index contributed by atoms with van der Waals surface area (Å²) in [6.45, 7) is 6.19. The van der Waals surface area contributed by atoms with E-state index in [0.29, 0.717) is 12.1 Å². The zero-order valence-electron chi connectivity index (χ0n) is 16.6. The number of benzene rings is 2. The molecule has 2 atom stereocenters. The van der Waals surface area contributed by atoms with E-state index < -0.39 is 11.8 Å². The van der Waals surface area contributed by atoms with Crippen molar-refractivity contribution in [1.82, 2.24) is 10.7 Å². The number of hydrazone groups is 1. The lowest BCUT2D eigenvalue weighted by Crippen LogP contribution is -2.34. The molecule has 1 fully saturated rings. The van der Waals surface area contributed by atoms with E-state index >= 15 is 0 Å². The average Bonchev–Trinajstić information content (AvgIpc) is 3.12. The number of hydrogen-bond donors (Lipinski definition) is 3. The number of phenolic OH excluding ortho intramolecular Hbond substituents is 1. The molecule has 7 heteroatoms. The summed E-state index contributed by atoms with van der Waals surface area (Å²) in [7, 11) is 0. The molecule has 0 aliphatic carbocycles. The lowest BCUT2D eigenvalue weighted by atomic mass is 9.88. The zero-order valence-corrected chi connectivity index (χ0v) is 16.6. The molecule has 0 bridgehead atoms. The van der Waals surface area contributed by atoms with Gasteiger partial charge in [-0.05, 0) is 31.5 Å². The predicted octanol–water partition coefficient (Wildman–Crippen LogP) is 2.22. The van der Waals surface area contributed by atoms with Crippen LogP contribution in [0.3, 0.4) is 0 Å².